The largest absolute Gasteiger partial charge is 0.460 e. The van der Waals surface area contributed by atoms with Crippen molar-refractivity contribution >= 4 is 0 Å². The van der Waals surface area contributed by atoms with Crippen LogP contribution in [0, 0.1) is 0 Å². The lowest BCUT2D eigenvalue weighted by Crippen LogP contribution is -2.62. The standard InChI is InChI=1S/C8H8F8O/c1-3-4-17-5(2,9)6(10,11)7(12,13)8(14,15)16/h3H,1,4H2,2H3. The van der Waals surface area contributed by atoms with Crippen LogP contribution in [0.1, 0.15) is 6.92 Å². The molecule has 9 heteroatoms. The third-order valence-corrected chi connectivity index (χ3v) is 1.78. The first kappa shape index (κ1) is 16.1. The number of rotatable bonds is 5. The van der Waals surface area contributed by atoms with Crippen LogP contribution in [0.3, 0.4) is 0 Å². The van der Waals surface area contributed by atoms with Crippen molar-refractivity contribution in [2.75, 3.05) is 6.61 Å². The van der Waals surface area contributed by atoms with Gasteiger partial charge in [-0.15, -0.1) is 6.58 Å². The maximum Gasteiger partial charge on any atom is 0.460 e. The summed E-state index contributed by atoms with van der Waals surface area (Å²) >= 11 is 0. The average Bonchev–Trinajstić information content (AvgIpc) is 2.12. The molecule has 0 amide bonds. The van der Waals surface area contributed by atoms with Crippen LogP contribution in [-0.2, 0) is 4.74 Å². The van der Waals surface area contributed by atoms with Gasteiger partial charge in [-0.25, -0.2) is 4.39 Å². The second kappa shape index (κ2) is 4.43. The highest BCUT2D eigenvalue weighted by Gasteiger charge is 2.80. The zero-order valence-electron chi connectivity index (χ0n) is 8.42. The maximum atomic E-state index is 13.1. The number of ether oxygens (including phenoxy) is 1. The van der Waals surface area contributed by atoms with Gasteiger partial charge in [-0.1, -0.05) is 6.08 Å². The van der Waals surface area contributed by atoms with Crippen molar-refractivity contribution in [2.45, 2.75) is 30.8 Å². The summed E-state index contributed by atoms with van der Waals surface area (Å²) in [6.07, 6.45) is -5.87. The molecule has 0 saturated heterocycles. The van der Waals surface area contributed by atoms with Gasteiger partial charge in [-0.3, -0.25) is 0 Å². The van der Waals surface area contributed by atoms with Gasteiger partial charge in [0.25, 0.3) is 5.85 Å². The molecule has 0 radical (unpaired) electrons. The third kappa shape index (κ3) is 2.70. The Morgan fingerprint density at radius 2 is 1.35 bits per heavy atom. The van der Waals surface area contributed by atoms with E-state index in [0.29, 0.717) is 0 Å². The van der Waals surface area contributed by atoms with Gasteiger partial charge in [0.1, 0.15) is 0 Å². The second-order valence-corrected chi connectivity index (χ2v) is 3.16. The van der Waals surface area contributed by atoms with E-state index in [1.807, 2.05) is 0 Å². The van der Waals surface area contributed by atoms with Gasteiger partial charge in [0.15, 0.2) is 0 Å². The molecule has 0 bridgehead atoms. The van der Waals surface area contributed by atoms with Crippen LogP contribution in [-0.4, -0.2) is 30.5 Å². The molecule has 0 N–H and O–H groups in total. The zero-order valence-corrected chi connectivity index (χ0v) is 8.42. The number of halogens is 8. The molecule has 1 atom stereocenters. The van der Waals surface area contributed by atoms with E-state index in [2.05, 4.69) is 11.3 Å². The quantitative estimate of drug-likeness (QED) is 0.547. The third-order valence-electron chi connectivity index (χ3n) is 1.78. The molecule has 0 saturated carbocycles. The number of hydrogen-bond acceptors (Lipinski definition) is 1. The smallest absolute Gasteiger partial charge is 0.337 e. The molecule has 0 fully saturated rings. The minimum Gasteiger partial charge on any atom is -0.337 e. The van der Waals surface area contributed by atoms with Gasteiger partial charge in [0.2, 0.25) is 0 Å². The minimum absolute atomic E-state index is 0.212. The zero-order chi connectivity index (χ0) is 14.1. The topological polar surface area (TPSA) is 9.23 Å². The maximum absolute atomic E-state index is 13.1. The van der Waals surface area contributed by atoms with Crippen LogP contribution < -0.4 is 0 Å². The molecule has 102 valence electrons. The van der Waals surface area contributed by atoms with Crippen LogP contribution in [0.4, 0.5) is 35.1 Å². The second-order valence-electron chi connectivity index (χ2n) is 3.16. The van der Waals surface area contributed by atoms with E-state index in [1.165, 1.54) is 0 Å². The molecular formula is C8H8F8O. The molecule has 0 aliphatic carbocycles. The van der Waals surface area contributed by atoms with Gasteiger partial charge < -0.3 is 4.74 Å². The molecule has 0 aromatic rings. The summed E-state index contributed by atoms with van der Waals surface area (Å²) in [5, 5.41) is 0. The van der Waals surface area contributed by atoms with E-state index in [9.17, 15) is 35.1 Å². The average molecular weight is 272 g/mol. The van der Waals surface area contributed by atoms with E-state index in [-0.39, 0.29) is 6.92 Å². The van der Waals surface area contributed by atoms with E-state index in [0.717, 1.165) is 6.08 Å². The predicted molar refractivity (Wildman–Crippen MR) is 41.6 cm³/mol. The van der Waals surface area contributed by atoms with Crippen LogP contribution in [0.25, 0.3) is 0 Å². The molecule has 0 aromatic heterocycles. The molecular weight excluding hydrogens is 264 g/mol. The van der Waals surface area contributed by atoms with E-state index in [4.69, 9.17) is 0 Å². The summed E-state index contributed by atoms with van der Waals surface area (Å²) in [6.45, 7) is 1.75. The van der Waals surface area contributed by atoms with Gasteiger partial charge in [-0.05, 0) is 0 Å². The Morgan fingerprint density at radius 1 is 0.941 bits per heavy atom. The molecule has 0 aromatic carbocycles. The van der Waals surface area contributed by atoms with Crippen molar-refractivity contribution in [3.63, 3.8) is 0 Å². The highest BCUT2D eigenvalue weighted by atomic mass is 19.4. The van der Waals surface area contributed by atoms with E-state index in [1.54, 1.807) is 0 Å². The van der Waals surface area contributed by atoms with Crippen LogP contribution in [0.5, 0.6) is 0 Å². The molecule has 1 nitrogen and oxygen atoms in total. The first-order valence-electron chi connectivity index (χ1n) is 4.07. The fraction of sp³-hybridized carbons (Fsp3) is 0.750. The summed E-state index contributed by atoms with van der Waals surface area (Å²) in [6, 6.07) is 0. The van der Waals surface area contributed by atoms with Crippen molar-refractivity contribution in [1.29, 1.82) is 0 Å². The first-order valence-corrected chi connectivity index (χ1v) is 4.07. The van der Waals surface area contributed by atoms with Crippen LogP contribution in [0.15, 0.2) is 12.7 Å². The van der Waals surface area contributed by atoms with Crippen LogP contribution in [0.2, 0.25) is 0 Å². The Labute approximate surface area is 91.0 Å². The normalized spacial score (nSPS) is 17.7. The lowest BCUT2D eigenvalue weighted by molar-refractivity contribution is -0.409. The SMILES string of the molecule is C=CCOC(C)(F)C(F)(F)C(F)(F)C(F)(F)F. The van der Waals surface area contributed by atoms with Gasteiger partial charge in [-0.2, -0.15) is 30.7 Å². The first-order chi connectivity index (χ1) is 7.31. The summed E-state index contributed by atoms with van der Waals surface area (Å²) in [7, 11) is 0. The van der Waals surface area contributed by atoms with E-state index < -0.39 is 30.5 Å². The lowest BCUT2D eigenvalue weighted by atomic mass is 10.0. The molecule has 0 rings (SSSR count). The summed E-state index contributed by atoms with van der Waals surface area (Å²) in [4.78, 5) is 0. The summed E-state index contributed by atoms with van der Waals surface area (Å²) < 4.78 is 102. The van der Waals surface area contributed by atoms with Crippen molar-refractivity contribution in [3.05, 3.63) is 12.7 Å². The van der Waals surface area contributed by atoms with E-state index >= 15 is 0 Å². The predicted octanol–water partition coefficient (Wildman–Crippen LogP) is 3.71. The Balaban J connectivity index is 5.31. The molecule has 0 heterocycles. The Hall–Kier alpha value is -0.860. The molecule has 1 unspecified atom stereocenters. The molecule has 0 aliphatic rings. The van der Waals surface area contributed by atoms with Crippen molar-refractivity contribution in [3.8, 4) is 0 Å². The number of alkyl halides is 8. The Morgan fingerprint density at radius 3 is 1.65 bits per heavy atom. The van der Waals surface area contributed by atoms with Crippen molar-refractivity contribution in [2.24, 2.45) is 0 Å². The number of hydrogen-bond donors (Lipinski definition) is 0. The van der Waals surface area contributed by atoms with Gasteiger partial charge in [0.05, 0.1) is 6.61 Å². The van der Waals surface area contributed by atoms with Crippen LogP contribution >= 0.6 is 0 Å². The molecule has 0 aliphatic heterocycles. The highest BCUT2D eigenvalue weighted by molar-refractivity contribution is 4.99. The van der Waals surface area contributed by atoms with Gasteiger partial charge in [0, 0.05) is 6.92 Å². The molecule has 17 heavy (non-hydrogen) atoms. The van der Waals surface area contributed by atoms with Gasteiger partial charge >= 0.3 is 18.0 Å². The fourth-order valence-electron chi connectivity index (χ4n) is 0.764. The Kier molecular flexibility index (Phi) is 4.21. The van der Waals surface area contributed by atoms with Crippen molar-refractivity contribution in [1.82, 2.24) is 0 Å². The lowest BCUT2D eigenvalue weighted by Gasteiger charge is -2.35. The van der Waals surface area contributed by atoms with Crippen molar-refractivity contribution < 1.29 is 39.9 Å². The monoisotopic (exact) mass is 272 g/mol. The highest BCUT2D eigenvalue weighted by Crippen LogP contribution is 2.52. The summed E-state index contributed by atoms with van der Waals surface area (Å²) in [5.74, 6) is -17.1. The summed E-state index contributed by atoms with van der Waals surface area (Å²) in [5.41, 5.74) is 0. The molecule has 0 spiro atoms. The fourth-order valence-corrected chi connectivity index (χ4v) is 0.764. The minimum atomic E-state index is -6.60. The Bertz CT molecular complexity index is 280.